The Labute approximate surface area is 242 Å². The number of benzene rings is 2. The Morgan fingerprint density at radius 1 is 0.533 bits per heavy atom. The predicted octanol–water partition coefficient (Wildman–Crippen LogP) is 1.70. The van der Waals surface area contributed by atoms with Crippen molar-refractivity contribution >= 4 is 17.1 Å². The lowest BCUT2D eigenvalue weighted by Crippen LogP contribution is -2.75. The summed E-state index contributed by atoms with van der Waals surface area (Å²) in [4.78, 5) is 92.1. The van der Waals surface area contributed by atoms with Crippen molar-refractivity contribution in [2.45, 2.75) is 35.7 Å². The molecule has 236 valence electrons. The van der Waals surface area contributed by atoms with Crippen LogP contribution in [0.15, 0.2) is 36.4 Å². The Morgan fingerprint density at radius 2 is 0.933 bits per heavy atom. The third-order valence-electron chi connectivity index (χ3n) is 7.18. The Balaban J connectivity index is 2.88. The van der Waals surface area contributed by atoms with Gasteiger partial charge in [0, 0.05) is 0 Å². The maximum absolute atomic E-state index is 12.5. The summed E-state index contributed by atoms with van der Waals surface area (Å²) in [5.74, 6) is -4.03. The molecule has 3 rings (SSSR count). The van der Waals surface area contributed by atoms with Crippen LogP contribution in [0.5, 0.6) is 0 Å². The zero-order valence-electron chi connectivity index (χ0n) is 21.3. The van der Waals surface area contributed by atoms with Gasteiger partial charge in [-0.05, 0) is 5.56 Å². The molecule has 2 aromatic carbocycles. The van der Waals surface area contributed by atoms with Crippen LogP contribution in [0.4, 0.5) is 17.1 Å². The summed E-state index contributed by atoms with van der Waals surface area (Å²) < 4.78 is 0. The van der Waals surface area contributed by atoms with Gasteiger partial charge in [-0.3, -0.25) is 91.0 Å². The molecular formula is C18H11N9O18. The van der Waals surface area contributed by atoms with Gasteiger partial charge in [0.1, 0.15) is 30.8 Å². The van der Waals surface area contributed by atoms with Crippen molar-refractivity contribution in [3.8, 4) is 11.1 Å². The molecule has 0 saturated heterocycles. The second-order valence-corrected chi connectivity index (χ2v) is 9.26. The molecule has 0 radical (unpaired) electrons. The van der Waals surface area contributed by atoms with Gasteiger partial charge in [-0.15, -0.1) is 0 Å². The second kappa shape index (κ2) is 10.7. The van der Waals surface area contributed by atoms with Crippen molar-refractivity contribution in [2.24, 2.45) is 0 Å². The van der Waals surface area contributed by atoms with Crippen molar-refractivity contribution in [3.63, 3.8) is 0 Å². The van der Waals surface area contributed by atoms with Gasteiger partial charge in [0.25, 0.3) is 23.0 Å². The molecule has 1 aliphatic rings. The van der Waals surface area contributed by atoms with E-state index in [0.717, 1.165) is 24.3 Å². The fourth-order valence-corrected chi connectivity index (χ4v) is 5.39. The first-order valence-electron chi connectivity index (χ1n) is 11.3. The third kappa shape index (κ3) is 4.45. The maximum Gasteiger partial charge on any atom is 0.494 e. The SMILES string of the molecule is O=[N+]([O-])c1cc([N+](=O)[O-])c(C2C([N+](=O)[O-])([N+](=O)[O-])CC([N+](=O)[O-])([N+](=O)[O-])CC2([N+](=O)[O-])[N+](=O)[O-])c([N+](=O)[O-])c1-c1ccccc1. The normalized spacial score (nSPS) is 16.5. The van der Waals surface area contributed by atoms with Crippen LogP contribution in [0.3, 0.4) is 0 Å². The van der Waals surface area contributed by atoms with E-state index in [9.17, 15) is 91.0 Å². The fourth-order valence-electron chi connectivity index (χ4n) is 5.39. The molecule has 45 heavy (non-hydrogen) atoms. The molecule has 0 N–H and O–H groups in total. The predicted molar refractivity (Wildman–Crippen MR) is 134 cm³/mol. The van der Waals surface area contributed by atoms with E-state index in [1.807, 2.05) is 0 Å². The molecule has 1 fully saturated rings. The third-order valence-corrected chi connectivity index (χ3v) is 7.18. The van der Waals surface area contributed by atoms with E-state index >= 15 is 0 Å². The first-order chi connectivity index (χ1) is 20.7. The molecule has 0 amide bonds. The van der Waals surface area contributed by atoms with Crippen LogP contribution in [0.1, 0.15) is 24.3 Å². The van der Waals surface area contributed by atoms with E-state index in [4.69, 9.17) is 0 Å². The molecule has 0 aromatic heterocycles. The smallest absolute Gasteiger partial charge is 0.258 e. The number of nitro groups is 9. The monoisotopic (exact) mass is 641 g/mol. The number of hydrogen-bond acceptors (Lipinski definition) is 18. The Hall–Kier alpha value is -6.96. The maximum atomic E-state index is 12.5. The van der Waals surface area contributed by atoms with Crippen molar-refractivity contribution in [1.82, 2.24) is 0 Å². The lowest BCUT2D eigenvalue weighted by Gasteiger charge is -2.35. The van der Waals surface area contributed by atoms with Gasteiger partial charge in [-0.1, -0.05) is 30.3 Å². The van der Waals surface area contributed by atoms with Crippen molar-refractivity contribution in [1.29, 1.82) is 0 Å². The van der Waals surface area contributed by atoms with Crippen molar-refractivity contribution < 1.29 is 44.3 Å². The topological polar surface area (TPSA) is 388 Å². The summed E-state index contributed by atoms with van der Waals surface area (Å²) in [7, 11) is 0. The van der Waals surface area contributed by atoms with E-state index in [2.05, 4.69) is 0 Å². The Bertz CT molecular complexity index is 1660. The minimum absolute atomic E-state index is 0.164. The quantitative estimate of drug-likeness (QED) is 0.191. The van der Waals surface area contributed by atoms with E-state index < -0.39 is 114 Å². The lowest BCUT2D eigenvalue weighted by molar-refractivity contribution is -0.906. The van der Waals surface area contributed by atoms with Crippen LogP contribution in [0, 0.1) is 91.0 Å². The highest BCUT2D eigenvalue weighted by atomic mass is 16.7. The van der Waals surface area contributed by atoms with Gasteiger partial charge >= 0.3 is 17.0 Å². The van der Waals surface area contributed by atoms with E-state index in [1.54, 1.807) is 0 Å². The summed E-state index contributed by atoms with van der Waals surface area (Å²) in [6, 6.07) is 5.03. The van der Waals surface area contributed by atoms with Gasteiger partial charge in [0.2, 0.25) is 12.8 Å². The summed E-state index contributed by atoms with van der Waals surface area (Å²) in [6.07, 6.45) is -5.33. The molecule has 1 aliphatic carbocycles. The molecule has 27 nitrogen and oxygen atoms in total. The van der Waals surface area contributed by atoms with Gasteiger partial charge in [0.05, 0.1) is 30.7 Å². The van der Waals surface area contributed by atoms with E-state index in [0.29, 0.717) is 0 Å². The highest BCUT2D eigenvalue weighted by Gasteiger charge is 2.95. The summed E-state index contributed by atoms with van der Waals surface area (Å²) in [5.41, 5.74) is -24.1. The first-order valence-corrected chi connectivity index (χ1v) is 11.3. The molecule has 1 saturated carbocycles. The first kappa shape index (κ1) is 32.6. The number of hydrogen-bond donors (Lipinski definition) is 0. The summed E-state index contributed by atoms with van der Waals surface area (Å²) in [6.45, 7) is 0. The van der Waals surface area contributed by atoms with Crippen LogP contribution in [0.2, 0.25) is 0 Å². The average Bonchev–Trinajstić information content (AvgIpc) is 2.94. The minimum Gasteiger partial charge on any atom is -0.258 e. The number of nitro benzene ring substituents is 3. The van der Waals surface area contributed by atoms with Crippen molar-refractivity contribution in [2.75, 3.05) is 0 Å². The van der Waals surface area contributed by atoms with Crippen LogP contribution in [0.25, 0.3) is 11.1 Å². The van der Waals surface area contributed by atoms with Gasteiger partial charge < -0.3 is 0 Å². The highest BCUT2D eigenvalue weighted by molar-refractivity contribution is 5.87. The van der Waals surface area contributed by atoms with Crippen LogP contribution >= 0.6 is 0 Å². The molecular weight excluding hydrogens is 630 g/mol. The minimum atomic E-state index is -4.93. The summed E-state index contributed by atoms with van der Waals surface area (Å²) in [5, 5.41) is 110. The molecule has 27 heteroatoms. The van der Waals surface area contributed by atoms with Crippen LogP contribution in [-0.2, 0) is 0 Å². The average molecular weight is 641 g/mol. The van der Waals surface area contributed by atoms with Crippen LogP contribution in [-0.4, -0.2) is 61.3 Å². The van der Waals surface area contributed by atoms with E-state index in [1.165, 1.54) is 6.07 Å². The Morgan fingerprint density at radius 3 is 1.24 bits per heavy atom. The lowest BCUT2D eigenvalue weighted by atomic mass is 9.63. The molecule has 0 aliphatic heterocycles. The molecule has 0 unspecified atom stereocenters. The second-order valence-electron chi connectivity index (χ2n) is 9.26. The van der Waals surface area contributed by atoms with Crippen molar-refractivity contribution in [3.05, 3.63) is 133 Å². The number of rotatable bonds is 11. The Kier molecular flexibility index (Phi) is 7.74. The fraction of sp³-hybridized carbons (Fsp3) is 0.333. The van der Waals surface area contributed by atoms with Gasteiger partial charge in [0.15, 0.2) is 0 Å². The molecule has 0 spiro atoms. The zero-order valence-corrected chi connectivity index (χ0v) is 21.3. The number of nitrogens with zero attached hydrogens (tertiary/aromatic N) is 9. The molecule has 2 aromatic rings. The summed E-state index contributed by atoms with van der Waals surface area (Å²) >= 11 is 0. The van der Waals surface area contributed by atoms with Gasteiger partial charge in [-0.25, -0.2) is 0 Å². The molecule has 0 atom stereocenters. The highest BCUT2D eigenvalue weighted by Crippen LogP contribution is 2.60. The van der Waals surface area contributed by atoms with E-state index in [-0.39, 0.29) is 6.07 Å². The standard InChI is InChI=1S/C18H11N9O18/c28-19(29)10-6-11(20(30)31)13(14(21(32)33)12(10)9-4-2-1-3-5-9)15-17(24(38)39,25(40)41)7-16(22(34)35,23(36)37)8-18(15,26(42)43)27(44)45/h1-6,15H,7-8H2. The van der Waals surface area contributed by atoms with Crippen LogP contribution < -0.4 is 0 Å². The molecule has 0 bridgehead atoms. The van der Waals surface area contributed by atoms with Gasteiger partial charge in [-0.2, -0.15) is 0 Å². The zero-order chi connectivity index (χ0) is 34.4. The molecule has 0 heterocycles. The largest absolute Gasteiger partial charge is 0.494 e.